The van der Waals surface area contributed by atoms with Gasteiger partial charge >= 0.3 is 5.97 Å². The maximum atomic E-state index is 10.9. The first kappa shape index (κ1) is 12.0. The SMILES string of the molecule is N#Cc1ccc(C2NC(C(=O)O)CCS2)cc1. The standard InChI is InChI=1S/C12H12N2O2S/c13-7-8-1-3-9(4-2-8)11-14-10(12(15)16)5-6-17-11/h1-4,10-11,14H,5-6H2,(H,15,16). The van der Waals surface area contributed by atoms with Gasteiger partial charge in [-0.2, -0.15) is 5.26 Å². The topological polar surface area (TPSA) is 73.1 Å². The third-order valence-electron chi connectivity index (χ3n) is 2.68. The quantitative estimate of drug-likeness (QED) is 0.834. The van der Waals surface area contributed by atoms with Crippen molar-refractivity contribution >= 4 is 17.7 Å². The molecule has 0 amide bonds. The van der Waals surface area contributed by atoms with Gasteiger partial charge in [0.2, 0.25) is 0 Å². The minimum atomic E-state index is -0.802. The molecule has 0 saturated carbocycles. The van der Waals surface area contributed by atoms with Crippen molar-refractivity contribution in [1.29, 1.82) is 5.26 Å². The van der Waals surface area contributed by atoms with Crippen LogP contribution in [0.5, 0.6) is 0 Å². The smallest absolute Gasteiger partial charge is 0.320 e. The number of nitrogens with one attached hydrogen (secondary N) is 1. The number of carboxylic acid groups (broad SMARTS) is 1. The van der Waals surface area contributed by atoms with Gasteiger partial charge in [0, 0.05) is 0 Å². The van der Waals surface area contributed by atoms with Crippen molar-refractivity contribution in [3.05, 3.63) is 35.4 Å². The maximum Gasteiger partial charge on any atom is 0.320 e. The molecule has 17 heavy (non-hydrogen) atoms. The van der Waals surface area contributed by atoms with Crippen LogP contribution in [-0.4, -0.2) is 22.9 Å². The Morgan fingerprint density at radius 2 is 2.18 bits per heavy atom. The summed E-state index contributed by atoms with van der Waals surface area (Å²) in [4.78, 5) is 10.9. The molecule has 2 unspecified atom stereocenters. The van der Waals surface area contributed by atoms with E-state index in [1.54, 1.807) is 23.9 Å². The summed E-state index contributed by atoms with van der Waals surface area (Å²) >= 11 is 1.69. The van der Waals surface area contributed by atoms with E-state index in [2.05, 4.69) is 11.4 Å². The lowest BCUT2D eigenvalue weighted by molar-refractivity contribution is -0.139. The Morgan fingerprint density at radius 3 is 2.76 bits per heavy atom. The summed E-state index contributed by atoms with van der Waals surface area (Å²) in [6, 6.07) is 8.83. The predicted octanol–water partition coefficient (Wildman–Crippen LogP) is 1.74. The summed E-state index contributed by atoms with van der Waals surface area (Å²) in [6.07, 6.45) is 0.646. The summed E-state index contributed by atoms with van der Waals surface area (Å²) in [5, 5.41) is 20.8. The van der Waals surface area contributed by atoms with Crippen LogP contribution in [0.4, 0.5) is 0 Å². The van der Waals surface area contributed by atoms with E-state index >= 15 is 0 Å². The molecule has 4 nitrogen and oxygen atoms in total. The molecule has 1 fully saturated rings. The largest absolute Gasteiger partial charge is 0.480 e. The monoisotopic (exact) mass is 248 g/mol. The molecule has 1 aliphatic rings. The Labute approximate surface area is 104 Å². The second-order valence-corrected chi connectivity index (χ2v) is 5.04. The van der Waals surface area contributed by atoms with E-state index in [1.807, 2.05) is 12.1 Å². The normalized spacial score (nSPS) is 23.9. The van der Waals surface area contributed by atoms with Crippen LogP contribution < -0.4 is 5.32 Å². The Hall–Kier alpha value is -1.51. The van der Waals surface area contributed by atoms with Gasteiger partial charge < -0.3 is 5.11 Å². The van der Waals surface area contributed by atoms with Crippen molar-refractivity contribution < 1.29 is 9.90 Å². The fourth-order valence-corrected chi connectivity index (χ4v) is 2.96. The lowest BCUT2D eigenvalue weighted by atomic mass is 10.1. The molecule has 1 aliphatic heterocycles. The molecule has 2 rings (SSSR count). The average Bonchev–Trinajstić information content (AvgIpc) is 2.39. The number of carbonyl (C=O) groups is 1. The molecule has 0 spiro atoms. The number of hydrogen-bond acceptors (Lipinski definition) is 4. The number of hydrogen-bond donors (Lipinski definition) is 2. The maximum absolute atomic E-state index is 10.9. The van der Waals surface area contributed by atoms with Gasteiger partial charge in [-0.15, -0.1) is 11.8 Å². The lowest BCUT2D eigenvalue weighted by Gasteiger charge is -2.28. The second-order valence-electron chi connectivity index (χ2n) is 3.83. The highest BCUT2D eigenvalue weighted by Crippen LogP contribution is 2.31. The van der Waals surface area contributed by atoms with Crippen molar-refractivity contribution in [2.24, 2.45) is 0 Å². The van der Waals surface area contributed by atoms with Gasteiger partial charge in [0.1, 0.15) is 6.04 Å². The Morgan fingerprint density at radius 1 is 1.47 bits per heavy atom. The predicted molar refractivity (Wildman–Crippen MR) is 65.5 cm³/mol. The average molecular weight is 248 g/mol. The number of carboxylic acids is 1. The molecule has 1 aromatic rings. The van der Waals surface area contributed by atoms with Gasteiger partial charge in [-0.3, -0.25) is 10.1 Å². The van der Waals surface area contributed by atoms with Crippen LogP contribution in [0.3, 0.4) is 0 Å². The van der Waals surface area contributed by atoms with Crippen LogP contribution in [0, 0.1) is 11.3 Å². The second kappa shape index (κ2) is 5.21. The minimum Gasteiger partial charge on any atom is -0.480 e. The van der Waals surface area contributed by atoms with E-state index in [0.717, 1.165) is 11.3 Å². The van der Waals surface area contributed by atoms with E-state index in [9.17, 15) is 4.79 Å². The number of rotatable bonds is 2. The molecule has 2 atom stereocenters. The zero-order chi connectivity index (χ0) is 12.3. The number of nitrogens with zero attached hydrogens (tertiary/aromatic N) is 1. The third-order valence-corrected chi connectivity index (χ3v) is 3.90. The molecule has 1 saturated heterocycles. The van der Waals surface area contributed by atoms with Crippen LogP contribution in [0.1, 0.15) is 22.9 Å². The van der Waals surface area contributed by atoms with Gasteiger partial charge in [-0.05, 0) is 29.9 Å². The van der Waals surface area contributed by atoms with Gasteiger partial charge in [0.15, 0.2) is 0 Å². The van der Waals surface area contributed by atoms with E-state index in [0.29, 0.717) is 12.0 Å². The minimum absolute atomic E-state index is 0.00223. The fraction of sp³-hybridized carbons (Fsp3) is 0.333. The third kappa shape index (κ3) is 2.78. The molecule has 0 radical (unpaired) electrons. The van der Waals surface area contributed by atoms with Gasteiger partial charge in [-0.1, -0.05) is 12.1 Å². The molecule has 0 aliphatic carbocycles. The van der Waals surface area contributed by atoms with Crippen molar-refractivity contribution in [1.82, 2.24) is 5.32 Å². The van der Waals surface area contributed by atoms with Crippen molar-refractivity contribution in [2.75, 3.05) is 5.75 Å². The fourth-order valence-electron chi connectivity index (χ4n) is 1.74. The molecule has 2 N–H and O–H groups in total. The number of nitriles is 1. The zero-order valence-corrected chi connectivity index (χ0v) is 9.91. The first-order valence-corrected chi connectivity index (χ1v) is 6.36. The first-order valence-electron chi connectivity index (χ1n) is 5.31. The number of aliphatic carboxylic acids is 1. The highest BCUT2D eigenvalue weighted by atomic mass is 32.2. The molecule has 0 aromatic heterocycles. The van der Waals surface area contributed by atoms with Crippen LogP contribution >= 0.6 is 11.8 Å². The molecule has 88 valence electrons. The summed E-state index contributed by atoms with van der Waals surface area (Å²) in [6.45, 7) is 0. The molecular formula is C12H12N2O2S. The number of benzene rings is 1. The van der Waals surface area contributed by atoms with E-state index in [1.165, 1.54) is 0 Å². The van der Waals surface area contributed by atoms with Crippen molar-refractivity contribution in [3.63, 3.8) is 0 Å². The van der Waals surface area contributed by atoms with Gasteiger partial charge in [0.05, 0.1) is 17.0 Å². The summed E-state index contributed by atoms with van der Waals surface area (Å²) < 4.78 is 0. The molecule has 1 aromatic carbocycles. The summed E-state index contributed by atoms with van der Waals surface area (Å²) in [7, 11) is 0. The molecule has 1 heterocycles. The van der Waals surface area contributed by atoms with E-state index in [4.69, 9.17) is 10.4 Å². The van der Waals surface area contributed by atoms with Crippen LogP contribution in [0.15, 0.2) is 24.3 Å². The Balaban J connectivity index is 2.11. The summed E-state index contributed by atoms with van der Waals surface area (Å²) in [5.41, 5.74) is 1.63. The zero-order valence-electron chi connectivity index (χ0n) is 9.09. The van der Waals surface area contributed by atoms with Crippen molar-refractivity contribution in [2.45, 2.75) is 17.8 Å². The van der Waals surface area contributed by atoms with Crippen LogP contribution in [0.25, 0.3) is 0 Å². The van der Waals surface area contributed by atoms with E-state index in [-0.39, 0.29) is 5.37 Å². The highest BCUT2D eigenvalue weighted by molar-refractivity contribution is 7.99. The molecule has 0 bridgehead atoms. The van der Waals surface area contributed by atoms with Crippen LogP contribution in [0.2, 0.25) is 0 Å². The highest BCUT2D eigenvalue weighted by Gasteiger charge is 2.27. The van der Waals surface area contributed by atoms with Gasteiger partial charge in [0.25, 0.3) is 0 Å². The number of thioether (sulfide) groups is 1. The lowest BCUT2D eigenvalue weighted by Crippen LogP contribution is -2.41. The Bertz CT molecular complexity index is 453. The molecular weight excluding hydrogens is 236 g/mol. The van der Waals surface area contributed by atoms with Crippen LogP contribution in [-0.2, 0) is 4.79 Å². The molecule has 5 heteroatoms. The first-order chi connectivity index (χ1) is 8.20. The van der Waals surface area contributed by atoms with Gasteiger partial charge in [-0.25, -0.2) is 0 Å². The Kier molecular flexibility index (Phi) is 3.67. The van der Waals surface area contributed by atoms with E-state index < -0.39 is 12.0 Å². The summed E-state index contributed by atoms with van der Waals surface area (Å²) in [5.74, 6) is 0.0261. The van der Waals surface area contributed by atoms with Crippen molar-refractivity contribution in [3.8, 4) is 6.07 Å².